The van der Waals surface area contributed by atoms with Gasteiger partial charge in [0.15, 0.2) is 0 Å². The van der Waals surface area contributed by atoms with E-state index < -0.39 is 0 Å². The number of benzene rings is 2. The summed E-state index contributed by atoms with van der Waals surface area (Å²) in [7, 11) is 0. The molecule has 0 bridgehead atoms. The van der Waals surface area contributed by atoms with E-state index in [2.05, 4.69) is 31.7 Å². The van der Waals surface area contributed by atoms with Crippen molar-refractivity contribution in [2.75, 3.05) is 0 Å². The second kappa shape index (κ2) is 8.80. The summed E-state index contributed by atoms with van der Waals surface area (Å²) in [4.78, 5) is 0. The maximum Gasteiger partial charge on any atom is 0.131 e. The largest absolute Gasteiger partial charge is 0.206 e. The Hall–Kier alpha value is -1.63. The summed E-state index contributed by atoms with van der Waals surface area (Å²) in [6.07, 6.45) is 14.7. The summed E-state index contributed by atoms with van der Waals surface area (Å²) in [5.41, 5.74) is 2.43. The molecule has 0 heterocycles. The van der Waals surface area contributed by atoms with Gasteiger partial charge in [-0.2, -0.15) is 0 Å². The van der Waals surface area contributed by atoms with Crippen molar-refractivity contribution in [1.29, 1.82) is 0 Å². The number of hydrogen-bond acceptors (Lipinski definition) is 0. The van der Waals surface area contributed by atoms with E-state index in [1.54, 1.807) is 0 Å². The first-order valence-corrected chi connectivity index (χ1v) is 11.5. The summed E-state index contributed by atoms with van der Waals surface area (Å²) >= 11 is 0. The Morgan fingerprint density at radius 3 is 2.68 bits per heavy atom. The molecule has 2 unspecified atom stereocenters. The Kier molecular flexibility index (Phi) is 6.19. The van der Waals surface area contributed by atoms with Crippen molar-refractivity contribution in [2.45, 2.75) is 77.0 Å². The van der Waals surface area contributed by atoms with Crippen molar-refractivity contribution in [3.8, 4) is 0 Å². The lowest BCUT2D eigenvalue weighted by Gasteiger charge is -2.42. The van der Waals surface area contributed by atoms with Crippen LogP contribution in [-0.2, 0) is 6.42 Å². The molecule has 0 aliphatic heterocycles. The summed E-state index contributed by atoms with van der Waals surface area (Å²) in [5, 5.41) is 1.84. The minimum Gasteiger partial charge on any atom is -0.206 e. The predicted octanol–water partition coefficient (Wildman–Crippen LogP) is 8.20. The zero-order valence-electron chi connectivity index (χ0n) is 17.4. The van der Waals surface area contributed by atoms with Crippen LogP contribution in [0.25, 0.3) is 10.8 Å². The molecule has 2 saturated carbocycles. The maximum atomic E-state index is 15.0. The van der Waals surface area contributed by atoms with Gasteiger partial charge in [-0.05, 0) is 97.3 Å². The van der Waals surface area contributed by atoms with Crippen LogP contribution in [0.15, 0.2) is 43.0 Å². The molecule has 0 radical (unpaired) electrons. The number of fused-ring (bicyclic) bond motifs is 2. The molecule has 2 aromatic carbocycles. The van der Waals surface area contributed by atoms with Gasteiger partial charge < -0.3 is 0 Å². The van der Waals surface area contributed by atoms with Gasteiger partial charge in [0.25, 0.3) is 0 Å². The molecule has 150 valence electrons. The van der Waals surface area contributed by atoms with E-state index in [1.165, 1.54) is 62.5 Å². The predicted molar refractivity (Wildman–Crippen MR) is 118 cm³/mol. The van der Waals surface area contributed by atoms with E-state index in [1.807, 2.05) is 18.2 Å². The second-order valence-electron chi connectivity index (χ2n) is 9.38. The highest BCUT2D eigenvalue weighted by Gasteiger charge is 2.35. The van der Waals surface area contributed by atoms with Crippen LogP contribution in [0.5, 0.6) is 0 Å². The highest BCUT2D eigenvalue weighted by atomic mass is 19.1. The highest BCUT2D eigenvalue weighted by Crippen LogP contribution is 2.48. The summed E-state index contributed by atoms with van der Waals surface area (Å²) in [5.74, 6) is 3.27. The molecule has 2 aromatic rings. The molecule has 2 aliphatic carbocycles. The van der Waals surface area contributed by atoms with E-state index >= 15 is 0 Å². The van der Waals surface area contributed by atoms with Crippen LogP contribution < -0.4 is 0 Å². The van der Waals surface area contributed by atoms with Gasteiger partial charge in [0.1, 0.15) is 5.82 Å². The van der Waals surface area contributed by atoms with Crippen molar-refractivity contribution in [2.24, 2.45) is 17.8 Å². The molecule has 0 aromatic heterocycles. The van der Waals surface area contributed by atoms with Gasteiger partial charge in [0.2, 0.25) is 0 Å². The van der Waals surface area contributed by atoms with Crippen molar-refractivity contribution in [1.82, 2.24) is 0 Å². The van der Waals surface area contributed by atoms with E-state index in [9.17, 15) is 4.39 Å². The lowest BCUT2D eigenvalue weighted by molar-refractivity contribution is 0.114. The molecule has 4 rings (SSSR count). The first-order valence-electron chi connectivity index (χ1n) is 11.5. The number of rotatable bonds is 6. The third-order valence-electron chi connectivity index (χ3n) is 7.52. The Bertz CT molecular complexity index is 820. The Morgan fingerprint density at radius 2 is 1.86 bits per heavy atom. The zero-order chi connectivity index (χ0) is 19.5. The molecule has 28 heavy (non-hydrogen) atoms. The van der Waals surface area contributed by atoms with Gasteiger partial charge >= 0.3 is 0 Å². The van der Waals surface area contributed by atoms with E-state index in [0.717, 1.165) is 41.4 Å². The van der Waals surface area contributed by atoms with Gasteiger partial charge in [-0.1, -0.05) is 50.5 Å². The fourth-order valence-corrected chi connectivity index (χ4v) is 6.00. The molecule has 0 amide bonds. The Balaban J connectivity index is 1.50. The SMILES string of the molecule is C=CCCc1ccc2cc([C@@H]3CC[C@@H]4CC(CCC)CCC4C3)cc(F)c2c1. The second-order valence-corrected chi connectivity index (χ2v) is 9.38. The molecule has 0 saturated heterocycles. The summed E-state index contributed by atoms with van der Waals surface area (Å²) in [6.45, 7) is 6.11. The third-order valence-corrected chi connectivity index (χ3v) is 7.52. The standard InChI is InChI=1S/C27H35F/c1-3-5-7-20-9-11-24-17-25(18-27(28)26(24)15-20)23-13-12-21-14-19(6-4-2)8-10-22(21)16-23/h3,9,11,15,17-19,21-23H,1,4-8,10,12-14,16H2,2H3/t19?,21-,22?,23-/m1/s1. The lowest BCUT2D eigenvalue weighted by Crippen LogP contribution is -2.30. The molecule has 2 fully saturated rings. The summed E-state index contributed by atoms with van der Waals surface area (Å²) in [6, 6.07) is 10.4. The quantitative estimate of drug-likeness (QED) is 0.444. The minimum atomic E-state index is -0.0401. The van der Waals surface area contributed by atoms with Crippen molar-refractivity contribution < 1.29 is 4.39 Å². The summed E-state index contributed by atoms with van der Waals surface area (Å²) < 4.78 is 15.0. The van der Waals surface area contributed by atoms with Crippen LogP contribution >= 0.6 is 0 Å². The fourth-order valence-electron chi connectivity index (χ4n) is 6.00. The van der Waals surface area contributed by atoms with Crippen molar-refractivity contribution in [3.05, 3.63) is 59.9 Å². The first kappa shape index (κ1) is 19.7. The van der Waals surface area contributed by atoms with Gasteiger partial charge in [0.05, 0.1) is 0 Å². The molecule has 0 spiro atoms. The normalized spacial score (nSPS) is 27.5. The van der Waals surface area contributed by atoms with Crippen LogP contribution in [-0.4, -0.2) is 0 Å². The highest BCUT2D eigenvalue weighted by molar-refractivity contribution is 5.84. The number of hydrogen-bond donors (Lipinski definition) is 0. The van der Waals surface area contributed by atoms with E-state index in [4.69, 9.17) is 0 Å². The Labute approximate surface area is 170 Å². The maximum absolute atomic E-state index is 15.0. The molecule has 0 N–H and O–H groups in total. The fraction of sp³-hybridized carbons (Fsp3) is 0.556. The molecule has 4 atom stereocenters. The topological polar surface area (TPSA) is 0 Å². The van der Waals surface area contributed by atoms with E-state index in [0.29, 0.717) is 5.92 Å². The zero-order valence-corrected chi connectivity index (χ0v) is 17.4. The van der Waals surface area contributed by atoms with Gasteiger partial charge in [-0.25, -0.2) is 4.39 Å². The van der Waals surface area contributed by atoms with E-state index in [-0.39, 0.29) is 5.82 Å². The average molecular weight is 379 g/mol. The first-order chi connectivity index (χ1) is 13.7. The smallest absolute Gasteiger partial charge is 0.131 e. The Morgan fingerprint density at radius 1 is 1.04 bits per heavy atom. The lowest BCUT2D eigenvalue weighted by atomic mass is 9.63. The molecule has 2 aliphatic rings. The van der Waals surface area contributed by atoms with Crippen molar-refractivity contribution in [3.63, 3.8) is 0 Å². The van der Waals surface area contributed by atoms with Gasteiger partial charge in [-0.15, -0.1) is 6.58 Å². The molecular formula is C27H35F. The third kappa shape index (κ3) is 4.19. The minimum absolute atomic E-state index is 0.0401. The number of aryl methyl sites for hydroxylation is 1. The van der Waals surface area contributed by atoms with Gasteiger partial charge in [-0.3, -0.25) is 0 Å². The number of halogens is 1. The van der Waals surface area contributed by atoms with Crippen LogP contribution in [0.1, 0.15) is 81.8 Å². The van der Waals surface area contributed by atoms with Crippen LogP contribution in [0.3, 0.4) is 0 Å². The van der Waals surface area contributed by atoms with Gasteiger partial charge in [0, 0.05) is 5.39 Å². The molecule has 1 heteroatoms. The number of allylic oxidation sites excluding steroid dienone is 1. The average Bonchev–Trinajstić information content (AvgIpc) is 2.72. The van der Waals surface area contributed by atoms with Crippen LogP contribution in [0, 0.1) is 23.6 Å². The molecular weight excluding hydrogens is 343 g/mol. The monoisotopic (exact) mass is 378 g/mol. The molecule has 0 nitrogen and oxygen atoms in total. The van der Waals surface area contributed by atoms with Crippen LogP contribution in [0.2, 0.25) is 0 Å². The van der Waals surface area contributed by atoms with Crippen LogP contribution in [0.4, 0.5) is 4.39 Å². The van der Waals surface area contributed by atoms with Crippen molar-refractivity contribution >= 4 is 10.8 Å².